The number of rotatable bonds is 5. The predicted molar refractivity (Wildman–Crippen MR) is 59.2 cm³/mol. The van der Waals surface area contributed by atoms with Gasteiger partial charge >= 0.3 is 7.67 Å². The molecular formula is C7H15Cl2N2O2P. The van der Waals surface area contributed by atoms with E-state index in [9.17, 15) is 4.57 Å². The van der Waals surface area contributed by atoms with E-state index in [0.29, 0.717) is 0 Å². The third kappa shape index (κ3) is 3.37. The van der Waals surface area contributed by atoms with E-state index < -0.39 is 51.9 Å². The quantitative estimate of drug-likeness (QED) is 0.613. The van der Waals surface area contributed by atoms with Crippen LogP contribution in [0.4, 0.5) is 0 Å². The maximum atomic E-state index is 13.1. The fourth-order valence-electron chi connectivity index (χ4n) is 0.670. The zero-order valence-corrected chi connectivity index (χ0v) is 9.23. The third-order valence-corrected chi connectivity index (χ3v) is 2.95. The second kappa shape index (κ2) is 6.31. The van der Waals surface area contributed by atoms with Crippen molar-refractivity contribution in [3.8, 4) is 0 Å². The molecule has 1 fully saturated rings. The van der Waals surface area contributed by atoms with Crippen molar-refractivity contribution in [1.29, 1.82) is 0 Å². The summed E-state index contributed by atoms with van der Waals surface area (Å²) < 4.78 is 101. The van der Waals surface area contributed by atoms with Gasteiger partial charge in [0, 0.05) is 42.2 Å². The standard InChI is InChI=1S/C7H15Cl2N2O2P/c8-2-5-11(6-3-9)14(12)10-4-1-7-13-14/h1-7H2,(H,10,12)/i1D2,2D2,5D2,6D2,7D2/hD. The van der Waals surface area contributed by atoms with Crippen LogP contribution in [0.2, 0.25) is 1.41 Å². The second-order valence-corrected chi connectivity index (χ2v) is 4.27. The van der Waals surface area contributed by atoms with Crippen molar-refractivity contribution in [1.82, 2.24) is 9.75 Å². The van der Waals surface area contributed by atoms with Gasteiger partial charge < -0.3 is 4.52 Å². The number of alkyl halides is 2. The van der Waals surface area contributed by atoms with Gasteiger partial charge in [-0.25, -0.2) is 9.75 Å². The fourth-order valence-corrected chi connectivity index (χ4v) is 2.14. The van der Waals surface area contributed by atoms with Crippen LogP contribution in [0, 0.1) is 0 Å². The number of nitrogens with one attached hydrogen (secondary N) is 1. The van der Waals surface area contributed by atoms with Gasteiger partial charge in [0.2, 0.25) is 0 Å². The Labute approximate surface area is 110 Å². The lowest BCUT2D eigenvalue weighted by atomic mass is 10.5. The number of hydrogen-bond donors (Lipinski definition) is 1. The van der Waals surface area contributed by atoms with E-state index >= 15 is 0 Å². The zero-order chi connectivity index (χ0) is 20.3. The summed E-state index contributed by atoms with van der Waals surface area (Å²) in [6, 6.07) is 0. The minimum Gasteiger partial charge on any atom is -0.306 e. The van der Waals surface area contributed by atoms with Crippen molar-refractivity contribution in [3.63, 3.8) is 0 Å². The van der Waals surface area contributed by atoms with Crippen molar-refractivity contribution in [3.05, 3.63) is 0 Å². The number of nitrogens with zero attached hydrogens (tertiary/aromatic N) is 1. The van der Waals surface area contributed by atoms with Gasteiger partial charge in [0.25, 0.3) is 0 Å². The van der Waals surface area contributed by atoms with E-state index in [1.54, 1.807) is 0 Å². The van der Waals surface area contributed by atoms with E-state index in [1.165, 1.54) is 0 Å². The van der Waals surface area contributed by atoms with Crippen molar-refractivity contribution < 1.29 is 24.2 Å². The lowest BCUT2D eigenvalue weighted by molar-refractivity contribution is 0.233. The van der Waals surface area contributed by atoms with Crippen LogP contribution < -0.4 is 5.08 Å². The summed E-state index contributed by atoms with van der Waals surface area (Å²) in [4.78, 5) is 0. The van der Waals surface area contributed by atoms with Gasteiger partial charge in [0.15, 0.2) is 0 Å². The molecule has 1 heterocycles. The van der Waals surface area contributed by atoms with Gasteiger partial charge in [-0.2, -0.15) is 0 Å². The SMILES string of the molecule is [2H]N1CC([2H])([2H])C([2H])([2H])OP1(=O)N(C([2H])([2H])CCl)C([2H])([2H])C([2H])([2H])Cl. The summed E-state index contributed by atoms with van der Waals surface area (Å²) in [7, 11) is -5.31. The molecule has 84 valence electrons. The molecule has 1 aliphatic heterocycles. The summed E-state index contributed by atoms with van der Waals surface area (Å²) in [5.41, 5.74) is 0. The fraction of sp³-hybridized carbons (Fsp3) is 1.00. The first-order valence-corrected chi connectivity index (χ1v) is 5.84. The molecule has 0 aliphatic carbocycles. The Bertz CT molecular complexity index is 571. The second-order valence-electron chi connectivity index (χ2n) is 1.97. The average Bonchev–Trinajstić information content (AvgIpc) is 2.33. The molecule has 14 heavy (non-hydrogen) atoms. The normalized spacial score (nSPS) is 51.5. The lowest BCUT2D eigenvalue weighted by Crippen LogP contribution is -2.35. The van der Waals surface area contributed by atoms with E-state index in [2.05, 4.69) is 4.52 Å². The molecule has 0 spiro atoms. The van der Waals surface area contributed by atoms with Gasteiger partial charge in [-0.05, 0) is 6.37 Å². The minimum atomic E-state index is -5.31. The summed E-state index contributed by atoms with van der Waals surface area (Å²) in [6.45, 7) is -11.1. The smallest absolute Gasteiger partial charge is 0.306 e. The van der Waals surface area contributed by atoms with Crippen LogP contribution in [-0.4, -0.2) is 42.5 Å². The first kappa shape index (κ1) is 4.17. The first-order chi connectivity index (χ1) is 10.8. The lowest BCUT2D eigenvalue weighted by Gasteiger charge is -2.33. The number of halogens is 2. The van der Waals surface area contributed by atoms with Gasteiger partial charge in [0.1, 0.15) is 1.41 Å². The van der Waals surface area contributed by atoms with Gasteiger partial charge in [-0.15, -0.1) is 23.2 Å². The van der Waals surface area contributed by atoms with Crippen LogP contribution in [-0.2, 0) is 9.09 Å². The molecule has 4 nitrogen and oxygen atoms in total. The van der Waals surface area contributed by atoms with Crippen LogP contribution in [0.25, 0.3) is 0 Å². The molecule has 0 radical (unpaired) electrons. The first-order valence-electron chi connectivity index (χ1n) is 8.84. The van der Waals surface area contributed by atoms with Crippen molar-refractivity contribution in [2.75, 3.05) is 37.8 Å². The molecule has 1 rings (SSSR count). The summed E-state index contributed by atoms with van der Waals surface area (Å²) in [5, 5.41) is -0.154. The van der Waals surface area contributed by atoms with E-state index in [-0.39, 0.29) is 9.75 Å². The van der Waals surface area contributed by atoms with E-state index in [0.717, 1.165) is 0 Å². The van der Waals surface area contributed by atoms with Crippen molar-refractivity contribution >= 4 is 30.9 Å². The third-order valence-electron chi connectivity index (χ3n) is 1.18. The predicted octanol–water partition coefficient (Wildman–Crippen LogP) is 1.88. The molecular weight excluding hydrogens is 246 g/mol. The molecule has 1 aliphatic rings. The maximum absolute atomic E-state index is 13.1. The zero-order valence-electron chi connectivity index (χ0n) is 17.8. The van der Waals surface area contributed by atoms with Gasteiger partial charge in [0.05, 0.1) is 9.30 Å². The Morgan fingerprint density at radius 2 is 2.50 bits per heavy atom. The van der Waals surface area contributed by atoms with Crippen LogP contribution in [0.5, 0.6) is 0 Å². The Hall–Kier alpha value is 0.690. The van der Waals surface area contributed by atoms with E-state index in [4.69, 9.17) is 38.3 Å². The summed E-state index contributed by atoms with van der Waals surface area (Å²) in [5.74, 6) is -4.41. The number of hydrogen-bond acceptors (Lipinski definition) is 2. The highest BCUT2D eigenvalue weighted by Gasteiger charge is 2.32. The molecule has 0 aromatic carbocycles. The minimum absolute atomic E-state index is 0.154. The molecule has 1 saturated heterocycles. The summed E-state index contributed by atoms with van der Waals surface area (Å²) >= 11 is 10.7. The molecule has 0 aromatic rings. The van der Waals surface area contributed by atoms with Gasteiger partial charge in [-0.1, -0.05) is 0 Å². The Morgan fingerprint density at radius 1 is 1.71 bits per heavy atom. The molecule has 0 amide bonds. The Balaban J connectivity index is 3.63. The molecule has 1 N–H and O–H groups in total. The molecule has 0 bridgehead atoms. The monoisotopic (exact) mass is 271 g/mol. The molecule has 0 saturated carbocycles. The Morgan fingerprint density at radius 3 is 3.14 bits per heavy atom. The molecule has 7 heteroatoms. The highest BCUT2D eigenvalue weighted by Crippen LogP contribution is 2.47. The van der Waals surface area contributed by atoms with Crippen LogP contribution in [0.1, 0.15) is 20.1 Å². The highest BCUT2D eigenvalue weighted by atomic mass is 35.5. The molecule has 1 unspecified atom stereocenters. The molecule has 1 atom stereocenters. The van der Waals surface area contributed by atoms with Gasteiger partial charge in [-0.3, -0.25) is 4.57 Å². The van der Waals surface area contributed by atoms with Crippen molar-refractivity contribution in [2.24, 2.45) is 0 Å². The largest absolute Gasteiger partial charge is 0.343 e. The Kier molecular flexibility index (Phi) is 1.88. The van der Waals surface area contributed by atoms with Crippen LogP contribution >= 0.6 is 30.9 Å². The topological polar surface area (TPSA) is 41.6 Å². The summed E-state index contributed by atoms with van der Waals surface area (Å²) in [6.07, 6.45) is -2.84. The van der Waals surface area contributed by atoms with Crippen LogP contribution in [0.3, 0.4) is 0 Å². The van der Waals surface area contributed by atoms with Crippen LogP contribution in [0.15, 0.2) is 0 Å². The van der Waals surface area contributed by atoms with E-state index in [1.807, 2.05) is 0 Å². The highest BCUT2D eigenvalue weighted by molar-refractivity contribution is 7.54. The maximum Gasteiger partial charge on any atom is 0.343 e. The average molecular weight is 272 g/mol. The van der Waals surface area contributed by atoms with Crippen molar-refractivity contribution in [2.45, 2.75) is 6.37 Å². The molecule has 0 aromatic heterocycles.